The molecule has 0 saturated heterocycles. The van der Waals surface area contributed by atoms with Gasteiger partial charge in [0.1, 0.15) is 11.5 Å². The molecule has 3 nitrogen and oxygen atoms in total. The van der Waals surface area contributed by atoms with Crippen molar-refractivity contribution >= 4 is 18.1 Å². The van der Waals surface area contributed by atoms with Gasteiger partial charge in [-0.25, -0.2) is 0 Å². The molecular weight excluding hydrogens is 166 g/mol. The first-order chi connectivity index (χ1) is 4.74. The molecule has 0 aromatic heterocycles. The van der Waals surface area contributed by atoms with Crippen LogP contribution >= 0.6 is 12.4 Å². The molecule has 0 saturated carbocycles. The van der Waals surface area contributed by atoms with Crippen molar-refractivity contribution in [2.45, 2.75) is 0 Å². The van der Waals surface area contributed by atoms with Gasteiger partial charge in [0.05, 0.1) is 12.8 Å². The third kappa shape index (κ3) is 2.20. The summed E-state index contributed by atoms with van der Waals surface area (Å²) in [5.41, 5.74) is 5.70. The highest BCUT2D eigenvalue weighted by Gasteiger charge is 1.96. The summed E-state index contributed by atoms with van der Waals surface area (Å²) in [6, 6.07) is 4.75. The second-order valence-electron chi connectivity index (χ2n) is 1.92. The van der Waals surface area contributed by atoms with Crippen LogP contribution in [0.2, 0.25) is 0 Å². The number of rotatable bonds is 1. The van der Waals surface area contributed by atoms with E-state index in [1.807, 2.05) is 0 Å². The fourth-order valence-corrected chi connectivity index (χ4v) is 0.650. The summed E-state index contributed by atoms with van der Waals surface area (Å²) in [5, 5.41) is 9.03. The molecule has 0 spiro atoms. The monoisotopic (exact) mass is 175 g/mol. The Kier molecular flexibility index (Phi) is 3.54. The second-order valence-corrected chi connectivity index (χ2v) is 1.92. The second kappa shape index (κ2) is 3.93. The summed E-state index contributed by atoms with van der Waals surface area (Å²) in [7, 11) is 1.53. The molecule has 3 N–H and O–H groups in total. The third-order valence-corrected chi connectivity index (χ3v) is 1.24. The van der Waals surface area contributed by atoms with E-state index in [0.717, 1.165) is 0 Å². The molecule has 0 fully saturated rings. The number of anilines is 1. The first-order valence-electron chi connectivity index (χ1n) is 2.86. The smallest absolute Gasteiger partial charge is 0.142 e. The fourth-order valence-electron chi connectivity index (χ4n) is 0.650. The summed E-state index contributed by atoms with van der Waals surface area (Å²) < 4.78 is 4.83. The van der Waals surface area contributed by atoms with Gasteiger partial charge >= 0.3 is 0 Å². The van der Waals surface area contributed by atoms with Crippen LogP contribution < -0.4 is 10.5 Å². The van der Waals surface area contributed by atoms with Crippen molar-refractivity contribution in [3.8, 4) is 11.5 Å². The van der Waals surface area contributed by atoms with Crippen molar-refractivity contribution in [3.63, 3.8) is 0 Å². The standard InChI is InChI=1S/C7H9NO2.ClH/c1-10-5-2-3-6(8)7(9)4-5;/h2-4,9H,8H2,1H3;1H. The fraction of sp³-hybridized carbons (Fsp3) is 0.143. The molecular formula is C7H10ClNO2. The Morgan fingerprint density at radius 3 is 2.55 bits per heavy atom. The van der Waals surface area contributed by atoms with Gasteiger partial charge in [-0.3, -0.25) is 0 Å². The summed E-state index contributed by atoms with van der Waals surface area (Å²) >= 11 is 0. The van der Waals surface area contributed by atoms with Gasteiger partial charge in [0.15, 0.2) is 0 Å². The van der Waals surface area contributed by atoms with E-state index >= 15 is 0 Å². The van der Waals surface area contributed by atoms with Crippen molar-refractivity contribution in [2.75, 3.05) is 12.8 Å². The van der Waals surface area contributed by atoms with Crippen LogP contribution in [-0.4, -0.2) is 12.2 Å². The van der Waals surface area contributed by atoms with E-state index in [4.69, 9.17) is 15.6 Å². The van der Waals surface area contributed by atoms with E-state index in [9.17, 15) is 0 Å². The van der Waals surface area contributed by atoms with E-state index in [2.05, 4.69) is 0 Å². The number of hydrogen-bond acceptors (Lipinski definition) is 3. The topological polar surface area (TPSA) is 55.5 Å². The SMILES string of the molecule is COc1ccc(N)c(O)c1.Cl. The molecule has 4 heteroatoms. The van der Waals surface area contributed by atoms with Gasteiger partial charge in [-0.1, -0.05) is 0 Å². The molecule has 11 heavy (non-hydrogen) atoms. The molecule has 0 atom stereocenters. The van der Waals surface area contributed by atoms with Crippen molar-refractivity contribution < 1.29 is 9.84 Å². The lowest BCUT2D eigenvalue weighted by Gasteiger charge is -2.01. The molecule has 1 aromatic carbocycles. The van der Waals surface area contributed by atoms with Crippen LogP contribution in [0.1, 0.15) is 0 Å². The molecule has 0 aliphatic heterocycles. The maximum atomic E-state index is 9.03. The first-order valence-corrected chi connectivity index (χ1v) is 2.86. The number of phenolic OH excluding ortho intramolecular Hbond substituents is 1. The van der Waals surface area contributed by atoms with Gasteiger partial charge < -0.3 is 15.6 Å². The minimum absolute atomic E-state index is 0. The van der Waals surface area contributed by atoms with Crippen molar-refractivity contribution in [1.82, 2.24) is 0 Å². The number of hydrogen-bond donors (Lipinski definition) is 2. The number of nitrogen functional groups attached to an aromatic ring is 1. The Hall–Kier alpha value is -1.09. The van der Waals surface area contributed by atoms with Crippen LogP contribution in [0.3, 0.4) is 0 Å². The Morgan fingerprint density at radius 2 is 2.09 bits per heavy atom. The van der Waals surface area contributed by atoms with Crippen LogP contribution in [0.5, 0.6) is 11.5 Å². The van der Waals surface area contributed by atoms with E-state index in [0.29, 0.717) is 11.4 Å². The zero-order chi connectivity index (χ0) is 7.56. The minimum atomic E-state index is 0. The number of phenols is 1. The molecule has 0 aliphatic carbocycles. The number of halogens is 1. The summed E-state index contributed by atoms with van der Waals surface area (Å²) in [6.45, 7) is 0. The molecule has 0 radical (unpaired) electrons. The largest absolute Gasteiger partial charge is 0.506 e. The molecule has 0 aliphatic rings. The van der Waals surface area contributed by atoms with Crippen LogP contribution in [0.25, 0.3) is 0 Å². The number of nitrogens with two attached hydrogens (primary N) is 1. The third-order valence-electron chi connectivity index (χ3n) is 1.24. The average Bonchev–Trinajstić information content (AvgIpc) is 1.95. The van der Waals surface area contributed by atoms with Gasteiger partial charge in [-0.2, -0.15) is 0 Å². The molecule has 1 rings (SSSR count). The van der Waals surface area contributed by atoms with Gasteiger partial charge in [-0.05, 0) is 12.1 Å². The van der Waals surface area contributed by atoms with Crippen LogP contribution in [0.4, 0.5) is 5.69 Å². The lowest BCUT2D eigenvalue weighted by molar-refractivity contribution is 0.408. The predicted molar refractivity (Wildman–Crippen MR) is 46.3 cm³/mol. The predicted octanol–water partition coefficient (Wildman–Crippen LogP) is 1.40. The van der Waals surface area contributed by atoms with E-state index in [1.165, 1.54) is 13.2 Å². The first kappa shape index (κ1) is 9.91. The van der Waals surface area contributed by atoms with Crippen LogP contribution in [0, 0.1) is 0 Å². The normalized spacial score (nSPS) is 8.45. The van der Waals surface area contributed by atoms with Crippen molar-refractivity contribution in [2.24, 2.45) is 0 Å². The van der Waals surface area contributed by atoms with Crippen molar-refractivity contribution in [3.05, 3.63) is 18.2 Å². The van der Waals surface area contributed by atoms with Crippen LogP contribution in [-0.2, 0) is 0 Å². The Balaban J connectivity index is 0.000001000. The molecule has 0 unspecified atom stereocenters. The zero-order valence-corrected chi connectivity index (χ0v) is 6.89. The molecule has 62 valence electrons. The highest BCUT2D eigenvalue weighted by Crippen LogP contribution is 2.24. The lowest BCUT2D eigenvalue weighted by atomic mass is 10.3. The summed E-state index contributed by atoms with van der Waals surface area (Å²) in [5.74, 6) is 0.658. The highest BCUT2D eigenvalue weighted by molar-refractivity contribution is 5.85. The van der Waals surface area contributed by atoms with Gasteiger partial charge in [0.2, 0.25) is 0 Å². The number of benzene rings is 1. The number of aromatic hydroxyl groups is 1. The maximum Gasteiger partial charge on any atom is 0.142 e. The van der Waals surface area contributed by atoms with E-state index < -0.39 is 0 Å². The van der Waals surface area contributed by atoms with E-state index in [1.54, 1.807) is 12.1 Å². The van der Waals surface area contributed by atoms with Crippen molar-refractivity contribution in [1.29, 1.82) is 0 Å². The summed E-state index contributed by atoms with van der Waals surface area (Å²) in [4.78, 5) is 0. The Labute approximate surface area is 71.2 Å². The average molecular weight is 176 g/mol. The number of ether oxygens (including phenoxy) is 1. The molecule has 0 bridgehead atoms. The van der Waals surface area contributed by atoms with Crippen LogP contribution in [0.15, 0.2) is 18.2 Å². The number of methoxy groups -OCH3 is 1. The Bertz CT molecular complexity index is 240. The van der Waals surface area contributed by atoms with Gasteiger partial charge in [0, 0.05) is 6.07 Å². The lowest BCUT2D eigenvalue weighted by Crippen LogP contribution is -1.86. The quantitative estimate of drug-likeness (QED) is 0.501. The van der Waals surface area contributed by atoms with Gasteiger partial charge in [-0.15, -0.1) is 12.4 Å². The maximum absolute atomic E-state index is 9.03. The molecule has 0 amide bonds. The van der Waals surface area contributed by atoms with Gasteiger partial charge in [0.25, 0.3) is 0 Å². The minimum Gasteiger partial charge on any atom is -0.506 e. The molecule has 1 aromatic rings. The van der Waals surface area contributed by atoms with E-state index in [-0.39, 0.29) is 18.2 Å². The highest BCUT2D eigenvalue weighted by atomic mass is 35.5. The molecule has 0 heterocycles. The Morgan fingerprint density at radius 1 is 1.45 bits per heavy atom. The summed E-state index contributed by atoms with van der Waals surface area (Å²) in [6.07, 6.45) is 0. The zero-order valence-electron chi connectivity index (χ0n) is 6.07.